The number of H-pyrrole nitrogens is 1. The summed E-state index contributed by atoms with van der Waals surface area (Å²) in [5.74, 6) is 4.40. The molecule has 0 aliphatic rings. The number of sulfone groups is 1. The number of nitrogen functional groups attached to an aromatic ring is 1. The Morgan fingerprint density at radius 2 is 1.88 bits per heavy atom. The van der Waals surface area contributed by atoms with E-state index in [2.05, 4.69) is 15.1 Å². The zero-order chi connectivity index (χ0) is 23.7. The summed E-state index contributed by atoms with van der Waals surface area (Å²) in [4.78, 5) is 5.75. The number of primary sulfonamides is 1. The first-order valence-corrected chi connectivity index (χ1v) is 12.3. The molecule has 0 atom stereocenters. The van der Waals surface area contributed by atoms with Gasteiger partial charge in [-0.1, -0.05) is 18.2 Å². The van der Waals surface area contributed by atoms with Crippen molar-refractivity contribution in [2.45, 2.75) is 16.2 Å². The van der Waals surface area contributed by atoms with Crippen molar-refractivity contribution in [1.82, 2.24) is 15.5 Å². The molecule has 15 heteroatoms. The molecular formula is C17H22N8O5S2. The third-order valence-electron chi connectivity index (χ3n) is 4.57. The molecule has 2 aromatic carbocycles. The number of aliphatic hydroxyl groups is 1. The van der Waals surface area contributed by atoms with Crippen LogP contribution in [0, 0.1) is 0 Å². The highest BCUT2D eigenvalue weighted by Gasteiger charge is 2.31. The Bertz CT molecular complexity index is 1410. The Balaban J connectivity index is 2.49. The third kappa shape index (κ3) is 4.37. The predicted molar refractivity (Wildman–Crippen MR) is 119 cm³/mol. The first-order valence-electron chi connectivity index (χ1n) is 9.08. The molecule has 0 bridgehead atoms. The molecule has 3 rings (SSSR count). The number of hydrogen-bond donors (Lipinski definition) is 7. The van der Waals surface area contributed by atoms with Gasteiger partial charge >= 0.3 is 0 Å². The Morgan fingerprint density at radius 3 is 2.50 bits per heavy atom. The van der Waals surface area contributed by atoms with E-state index >= 15 is 0 Å². The molecule has 32 heavy (non-hydrogen) atoms. The van der Waals surface area contributed by atoms with E-state index in [9.17, 15) is 16.8 Å². The molecule has 0 radical (unpaired) electrons. The van der Waals surface area contributed by atoms with Crippen LogP contribution in [0.4, 0.5) is 5.95 Å². The predicted octanol–water partition coefficient (Wildman–Crippen LogP) is -1.30. The van der Waals surface area contributed by atoms with Crippen molar-refractivity contribution in [2.75, 3.05) is 18.1 Å². The molecular weight excluding hydrogens is 460 g/mol. The number of hydrogen-bond acceptors (Lipinski definition) is 10. The van der Waals surface area contributed by atoms with Gasteiger partial charge in [-0.2, -0.15) is 0 Å². The fourth-order valence-electron chi connectivity index (χ4n) is 3.33. The largest absolute Gasteiger partial charge is 0.396 e. The number of imidazole rings is 1. The van der Waals surface area contributed by atoms with E-state index in [1.165, 1.54) is 6.07 Å². The van der Waals surface area contributed by atoms with Crippen LogP contribution in [-0.4, -0.2) is 50.1 Å². The van der Waals surface area contributed by atoms with E-state index < -0.39 is 47.8 Å². The van der Waals surface area contributed by atoms with Gasteiger partial charge in [0, 0.05) is 17.7 Å². The fraction of sp³-hybridized carbons (Fsp3) is 0.176. The molecule has 3 aromatic rings. The number of anilines is 1. The van der Waals surface area contributed by atoms with Crippen molar-refractivity contribution >= 4 is 42.7 Å². The topological polar surface area (TPSA) is 246 Å². The minimum Gasteiger partial charge on any atom is -0.396 e. The first kappa shape index (κ1) is 23.4. The van der Waals surface area contributed by atoms with Gasteiger partial charge in [0.15, 0.2) is 21.6 Å². The SMILES string of the molecule is NN/N=C(\N)c1c(-c2cccc3[nH]c(N)nc23)ccc(S(=O)(=O)CCCO)c1S(N)(=O)=O. The molecule has 0 saturated carbocycles. The number of hydrazone groups is 1. The van der Waals surface area contributed by atoms with Gasteiger partial charge in [0.2, 0.25) is 10.0 Å². The molecule has 0 unspecified atom stereocenters. The van der Waals surface area contributed by atoms with Crippen molar-refractivity contribution < 1.29 is 21.9 Å². The second-order valence-corrected chi connectivity index (χ2v) is 10.3. The van der Waals surface area contributed by atoms with Gasteiger partial charge in [0.05, 0.1) is 21.7 Å². The average molecular weight is 483 g/mol. The highest BCUT2D eigenvalue weighted by molar-refractivity contribution is 7.93. The van der Waals surface area contributed by atoms with Crippen LogP contribution in [0.2, 0.25) is 0 Å². The van der Waals surface area contributed by atoms with Crippen molar-refractivity contribution in [3.05, 3.63) is 35.9 Å². The molecule has 0 amide bonds. The molecule has 0 aliphatic heterocycles. The Kier molecular flexibility index (Phi) is 6.38. The number of sulfonamides is 1. The molecule has 0 aliphatic carbocycles. The van der Waals surface area contributed by atoms with Gasteiger partial charge in [-0.05, 0) is 24.1 Å². The zero-order valence-electron chi connectivity index (χ0n) is 16.6. The van der Waals surface area contributed by atoms with Gasteiger partial charge in [-0.25, -0.2) is 38.3 Å². The summed E-state index contributed by atoms with van der Waals surface area (Å²) in [6.07, 6.45) is -0.108. The number of hydrazine groups is 1. The summed E-state index contributed by atoms with van der Waals surface area (Å²) in [5.41, 5.74) is 15.0. The van der Waals surface area contributed by atoms with E-state index in [-0.39, 0.29) is 23.5 Å². The summed E-state index contributed by atoms with van der Waals surface area (Å²) in [6, 6.07) is 7.47. The van der Waals surface area contributed by atoms with Gasteiger partial charge in [-0.3, -0.25) is 0 Å². The number of nitrogens with zero attached hydrogens (tertiary/aromatic N) is 2. The second-order valence-electron chi connectivity index (χ2n) is 6.71. The zero-order valence-corrected chi connectivity index (χ0v) is 18.2. The van der Waals surface area contributed by atoms with Crippen molar-refractivity contribution in [3.8, 4) is 11.1 Å². The monoisotopic (exact) mass is 482 g/mol. The third-order valence-corrected chi connectivity index (χ3v) is 7.53. The molecule has 1 heterocycles. The van der Waals surface area contributed by atoms with Gasteiger partial charge in [0.1, 0.15) is 4.90 Å². The van der Waals surface area contributed by atoms with Crippen molar-refractivity contribution in [3.63, 3.8) is 0 Å². The van der Waals surface area contributed by atoms with Crippen LogP contribution >= 0.6 is 0 Å². The average Bonchev–Trinajstić information content (AvgIpc) is 3.11. The molecule has 0 spiro atoms. The Hall–Kier alpha value is -3.24. The number of aromatic amines is 1. The lowest BCUT2D eigenvalue weighted by Gasteiger charge is -2.18. The van der Waals surface area contributed by atoms with Crippen molar-refractivity contribution in [1.29, 1.82) is 0 Å². The molecule has 11 N–H and O–H groups in total. The van der Waals surface area contributed by atoms with Gasteiger partial charge in [-0.15, -0.1) is 5.10 Å². The van der Waals surface area contributed by atoms with Gasteiger partial charge in [0.25, 0.3) is 0 Å². The van der Waals surface area contributed by atoms with Crippen LogP contribution < -0.4 is 28.0 Å². The van der Waals surface area contributed by atoms with Crippen LogP contribution in [0.25, 0.3) is 22.2 Å². The quantitative estimate of drug-likeness (QED) is 0.0864. The number of aliphatic hydroxyl groups excluding tert-OH is 1. The number of benzene rings is 2. The summed E-state index contributed by atoms with van der Waals surface area (Å²) < 4.78 is 51.0. The highest BCUT2D eigenvalue weighted by Crippen LogP contribution is 2.36. The van der Waals surface area contributed by atoms with E-state index in [0.717, 1.165) is 6.07 Å². The molecule has 172 valence electrons. The summed E-state index contributed by atoms with van der Waals surface area (Å²) in [7, 11) is -8.81. The lowest BCUT2D eigenvalue weighted by Crippen LogP contribution is -2.28. The number of fused-ring (bicyclic) bond motifs is 1. The maximum atomic E-state index is 12.9. The molecule has 1 aromatic heterocycles. The van der Waals surface area contributed by atoms with E-state index in [1.807, 2.05) is 5.53 Å². The number of rotatable bonds is 8. The Labute approximate surface area is 183 Å². The molecule has 0 saturated heterocycles. The summed E-state index contributed by atoms with van der Waals surface area (Å²) in [5, 5.41) is 18.1. The number of amidine groups is 1. The van der Waals surface area contributed by atoms with Crippen LogP contribution in [0.15, 0.2) is 45.2 Å². The number of nitrogens with one attached hydrogen (secondary N) is 2. The fourth-order valence-corrected chi connectivity index (χ4v) is 6.29. The molecule has 13 nitrogen and oxygen atoms in total. The second kappa shape index (κ2) is 8.71. The maximum absolute atomic E-state index is 12.9. The lowest BCUT2D eigenvalue weighted by molar-refractivity contribution is 0.295. The molecule has 0 fully saturated rings. The summed E-state index contributed by atoms with van der Waals surface area (Å²) >= 11 is 0. The van der Waals surface area contributed by atoms with Crippen LogP contribution in [0.1, 0.15) is 12.0 Å². The minimum absolute atomic E-state index is 0.108. The number of para-hydroxylation sites is 1. The standard InChI is InChI=1S/C17H22N8O5S2/c18-16(24-25-20)13-9(10-3-1-4-11-14(10)23-17(19)22-11)5-6-12(15(13)32(21,29)30)31(27,28)8-2-7-26/h1,3-6,25-26H,2,7-8,20H2,(H2,18,24)(H3,19,22,23)(H2,21,29,30). The highest BCUT2D eigenvalue weighted by atomic mass is 32.2. The smallest absolute Gasteiger partial charge is 0.240 e. The van der Waals surface area contributed by atoms with E-state index in [0.29, 0.717) is 16.6 Å². The minimum atomic E-state index is -4.64. The lowest BCUT2D eigenvalue weighted by atomic mass is 9.97. The Morgan fingerprint density at radius 1 is 1.16 bits per heavy atom. The van der Waals surface area contributed by atoms with Crippen molar-refractivity contribution in [2.24, 2.45) is 21.8 Å². The van der Waals surface area contributed by atoms with E-state index in [1.54, 1.807) is 18.2 Å². The summed E-state index contributed by atoms with van der Waals surface area (Å²) in [6.45, 7) is -0.405. The van der Waals surface area contributed by atoms with Crippen LogP contribution in [0.5, 0.6) is 0 Å². The maximum Gasteiger partial charge on any atom is 0.240 e. The normalized spacial score (nSPS) is 12.9. The van der Waals surface area contributed by atoms with E-state index in [4.69, 9.17) is 27.6 Å². The first-order chi connectivity index (χ1) is 15.0. The number of nitrogens with two attached hydrogens (primary N) is 4. The van der Waals surface area contributed by atoms with Crippen LogP contribution in [-0.2, 0) is 19.9 Å². The van der Waals surface area contributed by atoms with Gasteiger partial charge < -0.3 is 21.6 Å². The van der Waals surface area contributed by atoms with Crippen LogP contribution in [0.3, 0.4) is 0 Å². The number of aromatic nitrogens is 2.